The largest absolute Gasteiger partial charge is 0.379 e. The third-order valence-corrected chi connectivity index (χ3v) is 3.80. The highest BCUT2D eigenvalue weighted by Crippen LogP contribution is 2.28. The summed E-state index contributed by atoms with van der Waals surface area (Å²) in [6.07, 6.45) is 0. The molecule has 0 amide bonds. The highest BCUT2D eigenvalue weighted by Gasteiger charge is 2.06. The Morgan fingerprint density at radius 1 is 1.05 bits per heavy atom. The Balaban J connectivity index is 2.17. The molecule has 0 aliphatic rings. The van der Waals surface area contributed by atoms with Gasteiger partial charge in [-0.05, 0) is 42.3 Å². The van der Waals surface area contributed by atoms with Gasteiger partial charge < -0.3 is 10.2 Å². The van der Waals surface area contributed by atoms with E-state index in [2.05, 4.69) is 16.3 Å². The molecule has 0 unspecified atom stereocenters. The van der Waals surface area contributed by atoms with Gasteiger partial charge >= 0.3 is 0 Å². The van der Waals surface area contributed by atoms with Gasteiger partial charge in [0.15, 0.2) is 0 Å². The van der Waals surface area contributed by atoms with Gasteiger partial charge in [-0.2, -0.15) is 0 Å². The summed E-state index contributed by atoms with van der Waals surface area (Å²) in [6.45, 7) is 2.71. The predicted octanol–water partition coefficient (Wildman–Crippen LogP) is 4.98. The molecule has 2 nitrogen and oxygen atoms in total. The molecule has 0 saturated carbocycles. The third kappa shape index (κ3) is 3.59. The minimum Gasteiger partial charge on any atom is -0.379 e. The van der Waals surface area contributed by atoms with Crippen LogP contribution in [-0.2, 0) is 6.54 Å². The molecule has 0 spiro atoms. The van der Waals surface area contributed by atoms with Crippen molar-refractivity contribution in [2.75, 3.05) is 24.3 Å². The summed E-state index contributed by atoms with van der Waals surface area (Å²) >= 11 is 12.2. The Kier molecular flexibility index (Phi) is 4.79. The van der Waals surface area contributed by atoms with Crippen LogP contribution >= 0.6 is 23.2 Å². The molecule has 2 aromatic carbocycles. The Morgan fingerprint density at radius 3 is 2.45 bits per heavy atom. The molecule has 0 aliphatic carbocycles. The molecular formula is C16H18Cl2N2. The van der Waals surface area contributed by atoms with Crippen LogP contribution in [0, 0.1) is 6.92 Å². The van der Waals surface area contributed by atoms with Crippen LogP contribution in [0.4, 0.5) is 11.4 Å². The summed E-state index contributed by atoms with van der Waals surface area (Å²) in [7, 11) is 4.02. The topological polar surface area (TPSA) is 15.3 Å². The number of benzene rings is 2. The molecule has 0 saturated heterocycles. The summed E-state index contributed by atoms with van der Waals surface area (Å²) in [5, 5.41) is 4.93. The first-order chi connectivity index (χ1) is 9.47. The van der Waals surface area contributed by atoms with Crippen LogP contribution in [0.3, 0.4) is 0 Å². The third-order valence-electron chi connectivity index (χ3n) is 3.16. The van der Waals surface area contributed by atoms with Gasteiger partial charge in [-0.25, -0.2) is 0 Å². The number of aryl methyl sites for hydroxylation is 1. The first-order valence-corrected chi connectivity index (χ1v) is 7.19. The van der Waals surface area contributed by atoms with Gasteiger partial charge in [0.2, 0.25) is 0 Å². The zero-order valence-corrected chi connectivity index (χ0v) is 13.4. The van der Waals surface area contributed by atoms with Crippen LogP contribution in [0.15, 0.2) is 36.4 Å². The van der Waals surface area contributed by atoms with Gasteiger partial charge in [-0.15, -0.1) is 0 Å². The van der Waals surface area contributed by atoms with E-state index in [1.165, 1.54) is 0 Å². The van der Waals surface area contributed by atoms with Crippen LogP contribution in [-0.4, -0.2) is 14.1 Å². The number of nitrogens with one attached hydrogen (secondary N) is 1. The van der Waals surface area contributed by atoms with Gasteiger partial charge in [-0.1, -0.05) is 35.3 Å². The zero-order valence-electron chi connectivity index (χ0n) is 11.9. The predicted molar refractivity (Wildman–Crippen MR) is 89.3 cm³/mol. The van der Waals surface area contributed by atoms with Gasteiger partial charge in [0, 0.05) is 30.7 Å². The standard InChI is InChI=1S/C16H18Cl2N2/c1-11-4-5-12(8-14(11)18)10-19-15-9-13(17)6-7-16(15)20(2)3/h4-9,19H,10H2,1-3H3. The fourth-order valence-electron chi connectivity index (χ4n) is 1.98. The number of anilines is 2. The maximum atomic E-state index is 6.15. The van der Waals surface area contributed by atoms with Crippen molar-refractivity contribution in [2.24, 2.45) is 0 Å². The summed E-state index contributed by atoms with van der Waals surface area (Å²) in [5.41, 5.74) is 4.35. The average Bonchev–Trinajstić information content (AvgIpc) is 2.40. The number of halogens is 2. The molecule has 0 bridgehead atoms. The molecule has 0 aromatic heterocycles. The lowest BCUT2D eigenvalue weighted by atomic mass is 10.1. The van der Waals surface area contributed by atoms with Crippen molar-refractivity contribution < 1.29 is 0 Å². The van der Waals surface area contributed by atoms with E-state index in [0.717, 1.165) is 32.5 Å². The lowest BCUT2D eigenvalue weighted by Gasteiger charge is -2.19. The second kappa shape index (κ2) is 6.38. The van der Waals surface area contributed by atoms with Crippen molar-refractivity contribution in [3.63, 3.8) is 0 Å². The molecule has 2 rings (SSSR count). The Hall–Kier alpha value is -1.38. The monoisotopic (exact) mass is 308 g/mol. The van der Waals surface area contributed by atoms with Gasteiger partial charge in [0.1, 0.15) is 0 Å². The Bertz CT molecular complexity index is 609. The van der Waals surface area contributed by atoms with Crippen LogP contribution in [0.5, 0.6) is 0 Å². The summed E-state index contributed by atoms with van der Waals surface area (Å²) in [4.78, 5) is 2.06. The molecule has 2 aromatic rings. The minimum absolute atomic E-state index is 0.710. The van der Waals surface area contributed by atoms with Gasteiger partial charge in [0.25, 0.3) is 0 Å². The summed E-state index contributed by atoms with van der Waals surface area (Å²) in [5.74, 6) is 0. The van der Waals surface area contributed by atoms with E-state index in [1.54, 1.807) is 0 Å². The molecule has 4 heteroatoms. The fraction of sp³-hybridized carbons (Fsp3) is 0.250. The number of nitrogens with zero attached hydrogens (tertiary/aromatic N) is 1. The molecule has 0 heterocycles. The molecule has 0 radical (unpaired) electrons. The molecule has 106 valence electrons. The fourth-order valence-corrected chi connectivity index (χ4v) is 2.36. The lowest BCUT2D eigenvalue weighted by molar-refractivity contribution is 1.10. The van der Waals surface area contributed by atoms with Gasteiger partial charge in [0.05, 0.1) is 11.4 Å². The van der Waals surface area contributed by atoms with Crippen LogP contribution in [0.1, 0.15) is 11.1 Å². The zero-order chi connectivity index (χ0) is 14.7. The van der Waals surface area contributed by atoms with Crippen molar-refractivity contribution in [2.45, 2.75) is 13.5 Å². The second-order valence-electron chi connectivity index (χ2n) is 4.99. The quantitative estimate of drug-likeness (QED) is 0.857. The lowest BCUT2D eigenvalue weighted by Crippen LogP contribution is -2.12. The molecule has 0 fully saturated rings. The molecule has 1 N–H and O–H groups in total. The summed E-state index contributed by atoms with van der Waals surface area (Å²) < 4.78 is 0. The smallest absolute Gasteiger partial charge is 0.0597 e. The highest BCUT2D eigenvalue weighted by molar-refractivity contribution is 6.31. The maximum Gasteiger partial charge on any atom is 0.0597 e. The van der Waals surface area contributed by atoms with Crippen LogP contribution in [0.2, 0.25) is 10.0 Å². The van der Waals surface area contributed by atoms with Crippen molar-refractivity contribution in [3.8, 4) is 0 Å². The maximum absolute atomic E-state index is 6.15. The molecule has 0 aliphatic heterocycles. The van der Waals surface area contributed by atoms with E-state index in [0.29, 0.717) is 6.54 Å². The normalized spacial score (nSPS) is 10.4. The van der Waals surface area contributed by atoms with Crippen molar-refractivity contribution >= 4 is 34.6 Å². The second-order valence-corrected chi connectivity index (χ2v) is 5.84. The first kappa shape index (κ1) is 15.0. The Labute approximate surface area is 130 Å². The van der Waals surface area contributed by atoms with Crippen molar-refractivity contribution in [1.82, 2.24) is 0 Å². The van der Waals surface area contributed by atoms with E-state index in [1.807, 2.05) is 51.4 Å². The van der Waals surface area contributed by atoms with Gasteiger partial charge in [-0.3, -0.25) is 0 Å². The molecule has 0 atom stereocenters. The van der Waals surface area contributed by atoms with E-state index < -0.39 is 0 Å². The summed E-state index contributed by atoms with van der Waals surface area (Å²) in [6, 6.07) is 11.9. The molecule has 20 heavy (non-hydrogen) atoms. The Morgan fingerprint density at radius 2 is 1.80 bits per heavy atom. The number of hydrogen-bond donors (Lipinski definition) is 1. The first-order valence-electron chi connectivity index (χ1n) is 6.43. The van der Waals surface area contributed by atoms with Crippen LogP contribution < -0.4 is 10.2 Å². The average molecular weight is 309 g/mol. The van der Waals surface area contributed by atoms with Crippen molar-refractivity contribution in [1.29, 1.82) is 0 Å². The highest BCUT2D eigenvalue weighted by atomic mass is 35.5. The minimum atomic E-state index is 0.710. The number of rotatable bonds is 4. The van der Waals surface area contributed by atoms with Crippen LogP contribution in [0.25, 0.3) is 0 Å². The van der Waals surface area contributed by atoms with E-state index in [9.17, 15) is 0 Å². The number of hydrogen-bond acceptors (Lipinski definition) is 2. The van der Waals surface area contributed by atoms with E-state index in [-0.39, 0.29) is 0 Å². The van der Waals surface area contributed by atoms with E-state index in [4.69, 9.17) is 23.2 Å². The SMILES string of the molecule is Cc1ccc(CNc2cc(Cl)ccc2N(C)C)cc1Cl. The molecular weight excluding hydrogens is 291 g/mol. The van der Waals surface area contributed by atoms with Crippen molar-refractivity contribution in [3.05, 3.63) is 57.6 Å². The van der Waals surface area contributed by atoms with E-state index >= 15 is 0 Å².